The van der Waals surface area contributed by atoms with Gasteiger partial charge < -0.3 is 10.1 Å². The fourth-order valence-electron chi connectivity index (χ4n) is 7.23. The predicted molar refractivity (Wildman–Crippen MR) is 97.2 cm³/mol. The molecule has 128 valence electrons. The maximum absolute atomic E-state index is 8.00. The van der Waals surface area contributed by atoms with Gasteiger partial charge in [0.1, 0.15) is 0 Å². The lowest BCUT2D eigenvalue weighted by Crippen LogP contribution is -2.52. The molecule has 0 aromatic carbocycles. The van der Waals surface area contributed by atoms with Crippen LogP contribution in [0.1, 0.15) is 51.9 Å². The van der Waals surface area contributed by atoms with E-state index >= 15 is 0 Å². The number of hydrogen-bond acceptors (Lipinski definition) is 2. The van der Waals surface area contributed by atoms with Crippen molar-refractivity contribution in [1.82, 2.24) is 0 Å². The van der Waals surface area contributed by atoms with Crippen LogP contribution in [0.25, 0.3) is 0 Å². The maximum atomic E-state index is 8.00. The van der Waals surface area contributed by atoms with E-state index in [9.17, 15) is 0 Å². The molecule has 2 heteroatoms. The smallest absolute Gasteiger partial charge is 0.0926 e. The molecule has 2 fully saturated rings. The number of nitrogens with one attached hydrogen (secondary N) is 1. The highest BCUT2D eigenvalue weighted by atomic mass is 16.5. The van der Waals surface area contributed by atoms with Crippen molar-refractivity contribution in [2.75, 3.05) is 6.61 Å². The van der Waals surface area contributed by atoms with Crippen LogP contribution >= 0.6 is 0 Å². The molecule has 3 unspecified atom stereocenters. The summed E-state index contributed by atoms with van der Waals surface area (Å²) in [6.07, 6.45) is 20.4. The van der Waals surface area contributed by atoms with Gasteiger partial charge in [-0.25, -0.2) is 0 Å². The van der Waals surface area contributed by atoms with Crippen LogP contribution in [0.3, 0.4) is 0 Å². The Hall–Kier alpha value is -1.15. The first-order valence-corrected chi connectivity index (χ1v) is 9.98. The minimum atomic E-state index is 0.0377. The van der Waals surface area contributed by atoms with Crippen molar-refractivity contribution in [2.45, 2.75) is 57.5 Å². The minimum absolute atomic E-state index is 0.0377. The average Bonchev–Trinajstić information content (AvgIpc) is 3.21. The average molecular weight is 323 g/mol. The van der Waals surface area contributed by atoms with Gasteiger partial charge in [-0.15, -0.1) is 0 Å². The van der Waals surface area contributed by atoms with Crippen molar-refractivity contribution in [1.29, 1.82) is 5.41 Å². The second-order valence-electron chi connectivity index (χ2n) is 8.71. The molecule has 1 heterocycles. The lowest BCUT2D eigenvalue weighted by atomic mass is 9.51. The van der Waals surface area contributed by atoms with Crippen LogP contribution in [-0.2, 0) is 4.74 Å². The number of allylic oxidation sites excluding steroid dienone is 4. The fourth-order valence-corrected chi connectivity index (χ4v) is 7.23. The van der Waals surface area contributed by atoms with Crippen LogP contribution in [0.5, 0.6) is 0 Å². The van der Waals surface area contributed by atoms with Gasteiger partial charge in [-0.3, -0.25) is 0 Å². The van der Waals surface area contributed by atoms with E-state index in [0.29, 0.717) is 11.3 Å². The number of rotatable bonds is 1. The second-order valence-corrected chi connectivity index (χ2v) is 8.71. The fraction of sp³-hybridized carbons (Fsp3) is 0.682. The van der Waals surface area contributed by atoms with Crippen LogP contribution in [0.2, 0.25) is 0 Å². The summed E-state index contributed by atoms with van der Waals surface area (Å²) in [5.74, 6) is 3.02. The Bertz CT molecular complexity index is 659. The van der Waals surface area contributed by atoms with E-state index in [1.165, 1.54) is 44.1 Å². The quantitative estimate of drug-likeness (QED) is 0.671. The maximum Gasteiger partial charge on any atom is 0.0926 e. The van der Waals surface area contributed by atoms with Gasteiger partial charge in [0.25, 0.3) is 0 Å². The van der Waals surface area contributed by atoms with Gasteiger partial charge in [0.2, 0.25) is 0 Å². The van der Waals surface area contributed by atoms with E-state index in [1.54, 1.807) is 0 Å². The van der Waals surface area contributed by atoms with E-state index in [2.05, 4.69) is 37.3 Å². The largest absolute Gasteiger partial charge is 0.366 e. The summed E-state index contributed by atoms with van der Waals surface area (Å²) >= 11 is 0. The third-order valence-electron chi connectivity index (χ3n) is 8.24. The van der Waals surface area contributed by atoms with Crippen LogP contribution in [0, 0.1) is 34.5 Å². The second kappa shape index (κ2) is 5.17. The van der Waals surface area contributed by atoms with Crippen molar-refractivity contribution in [3.63, 3.8) is 0 Å². The van der Waals surface area contributed by atoms with Gasteiger partial charge in [-0.1, -0.05) is 31.2 Å². The zero-order valence-electron chi connectivity index (χ0n) is 14.8. The van der Waals surface area contributed by atoms with E-state index in [1.807, 2.05) is 0 Å². The molecule has 0 aromatic heterocycles. The standard InChI is InChI=1S/C22H29NO/c1-2-21-11-8-18-17-7-5-16(23)14-15(17)4-6-19(18)20(21)9-12-22(21)10-3-13-24-22/h3-4,6,10,14,17-20,23H,2,5,7-9,11-13H2,1H3/t17-,18?,19?,20?,21-,22-/m0/s1. The molecule has 4 aliphatic carbocycles. The molecule has 5 aliphatic rings. The normalized spacial score (nSPS) is 49.0. The zero-order chi connectivity index (χ0) is 16.4. The summed E-state index contributed by atoms with van der Waals surface area (Å²) in [4.78, 5) is 0. The lowest BCUT2D eigenvalue weighted by molar-refractivity contribution is -0.112. The van der Waals surface area contributed by atoms with Crippen molar-refractivity contribution >= 4 is 5.71 Å². The van der Waals surface area contributed by atoms with E-state index in [0.717, 1.165) is 36.5 Å². The van der Waals surface area contributed by atoms with E-state index < -0.39 is 0 Å². The lowest BCUT2D eigenvalue weighted by Gasteiger charge is -2.55. The van der Waals surface area contributed by atoms with Crippen LogP contribution in [0.15, 0.2) is 36.0 Å². The highest BCUT2D eigenvalue weighted by Gasteiger charge is 2.64. The molecule has 2 nitrogen and oxygen atoms in total. The number of hydrogen-bond donors (Lipinski definition) is 1. The molecular weight excluding hydrogens is 294 g/mol. The molecule has 1 N–H and O–H groups in total. The van der Waals surface area contributed by atoms with Gasteiger partial charge in [0, 0.05) is 11.1 Å². The SMILES string of the molecule is CC[C@]12CCC3C(C=CC4=CC(=N)CC[C@@H]43)C1CC[C@@]21C=CCO1. The molecule has 0 saturated heterocycles. The molecule has 1 spiro atoms. The van der Waals surface area contributed by atoms with Crippen molar-refractivity contribution in [3.05, 3.63) is 36.0 Å². The third-order valence-corrected chi connectivity index (χ3v) is 8.24. The molecule has 5 rings (SSSR count). The molecule has 0 radical (unpaired) electrons. The summed E-state index contributed by atoms with van der Waals surface area (Å²) in [5.41, 5.74) is 2.66. The summed E-state index contributed by atoms with van der Waals surface area (Å²) in [7, 11) is 0. The van der Waals surface area contributed by atoms with Crippen molar-refractivity contribution in [2.24, 2.45) is 29.1 Å². The zero-order valence-corrected chi connectivity index (χ0v) is 14.8. The van der Waals surface area contributed by atoms with Gasteiger partial charge >= 0.3 is 0 Å². The van der Waals surface area contributed by atoms with E-state index in [-0.39, 0.29) is 5.60 Å². The molecule has 6 atom stereocenters. The Morgan fingerprint density at radius 3 is 2.96 bits per heavy atom. The Labute approximate surface area is 145 Å². The Morgan fingerprint density at radius 1 is 1.25 bits per heavy atom. The van der Waals surface area contributed by atoms with Crippen LogP contribution in [0.4, 0.5) is 0 Å². The summed E-state index contributed by atoms with van der Waals surface area (Å²) in [6, 6.07) is 0. The minimum Gasteiger partial charge on any atom is -0.366 e. The number of fused-ring (bicyclic) bond motifs is 6. The Morgan fingerprint density at radius 2 is 2.17 bits per heavy atom. The first kappa shape index (κ1) is 15.1. The molecule has 1 aliphatic heterocycles. The van der Waals surface area contributed by atoms with E-state index in [4.69, 9.17) is 10.1 Å². The molecule has 0 aromatic rings. The molecule has 2 saturated carbocycles. The summed E-state index contributed by atoms with van der Waals surface area (Å²) in [6.45, 7) is 3.21. The van der Waals surface area contributed by atoms with Gasteiger partial charge in [-0.05, 0) is 80.3 Å². The summed E-state index contributed by atoms with van der Waals surface area (Å²) in [5, 5.41) is 8.00. The molecular formula is C22H29NO. The number of ether oxygens (including phenoxy) is 1. The first-order chi connectivity index (χ1) is 11.7. The van der Waals surface area contributed by atoms with Gasteiger partial charge in [-0.2, -0.15) is 0 Å². The van der Waals surface area contributed by atoms with Crippen LogP contribution < -0.4 is 0 Å². The van der Waals surface area contributed by atoms with Crippen molar-refractivity contribution < 1.29 is 4.74 Å². The molecule has 0 bridgehead atoms. The highest BCUT2D eigenvalue weighted by molar-refractivity contribution is 5.94. The van der Waals surface area contributed by atoms with Crippen LogP contribution in [-0.4, -0.2) is 17.9 Å². The van der Waals surface area contributed by atoms with Crippen molar-refractivity contribution in [3.8, 4) is 0 Å². The Kier molecular flexibility index (Phi) is 3.26. The highest BCUT2D eigenvalue weighted by Crippen LogP contribution is 2.67. The topological polar surface area (TPSA) is 33.1 Å². The third kappa shape index (κ3) is 1.78. The Balaban J connectivity index is 1.54. The van der Waals surface area contributed by atoms with Gasteiger partial charge in [0.05, 0.1) is 12.2 Å². The summed E-state index contributed by atoms with van der Waals surface area (Å²) < 4.78 is 6.39. The molecule has 0 amide bonds. The monoisotopic (exact) mass is 323 g/mol. The first-order valence-electron chi connectivity index (χ1n) is 9.98. The predicted octanol–water partition coefficient (Wildman–Crippen LogP) is 5.07. The van der Waals surface area contributed by atoms with Gasteiger partial charge in [0.15, 0.2) is 0 Å². The molecule has 24 heavy (non-hydrogen) atoms.